The number of hydrogen-bond donors (Lipinski definition) is 0. The van der Waals surface area contributed by atoms with Crippen LogP contribution in [0.2, 0.25) is 0 Å². The predicted molar refractivity (Wildman–Crippen MR) is 122 cm³/mol. The Balaban J connectivity index is 2.51. The molecule has 0 heterocycles. The van der Waals surface area contributed by atoms with E-state index in [0.29, 0.717) is 23.7 Å². The van der Waals surface area contributed by atoms with E-state index < -0.39 is 0 Å². The highest BCUT2D eigenvalue weighted by Crippen LogP contribution is 2.33. The van der Waals surface area contributed by atoms with Crippen LogP contribution in [0.4, 0.5) is 0 Å². The summed E-state index contributed by atoms with van der Waals surface area (Å²) in [5.41, 5.74) is 11.9. The highest BCUT2D eigenvalue weighted by Gasteiger charge is 2.17. The molecule has 2 rings (SSSR count). The second-order valence-electron chi connectivity index (χ2n) is 9.63. The van der Waals surface area contributed by atoms with Crippen molar-refractivity contribution in [3.63, 3.8) is 0 Å². The first-order valence-corrected chi connectivity index (χ1v) is 10.8. The fraction of sp³-hybridized carbons (Fsp3) is 0.556. The van der Waals surface area contributed by atoms with Gasteiger partial charge in [0.05, 0.1) is 0 Å². The first kappa shape index (κ1) is 21.7. The van der Waals surface area contributed by atoms with Gasteiger partial charge in [-0.1, -0.05) is 79.7 Å². The first-order valence-electron chi connectivity index (χ1n) is 10.8. The maximum absolute atomic E-state index is 2.47. The molecular formula is C27H40. The summed E-state index contributed by atoms with van der Waals surface area (Å²) in [5, 5.41) is 0. The molecule has 0 nitrogen and oxygen atoms in total. The summed E-state index contributed by atoms with van der Waals surface area (Å²) in [6.45, 7) is 23.1. The Morgan fingerprint density at radius 3 is 1.11 bits per heavy atom. The summed E-state index contributed by atoms with van der Waals surface area (Å²) in [6, 6.07) is 9.77. The van der Waals surface area contributed by atoms with Gasteiger partial charge in [-0.3, -0.25) is 0 Å². The van der Waals surface area contributed by atoms with Gasteiger partial charge in [-0.15, -0.1) is 0 Å². The van der Waals surface area contributed by atoms with Gasteiger partial charge in [-0.05, 0) is 88.4 Å². The van der Waals surface area contributed by atoms with Crippen molar-refractivity contribution in [2.24, 2.45) is 0 Å². The van der Waals surface area contributed by atoms with E-state index in [2.05, 4.69) is 93.5 Å². The van der Waals surface area contributed by atoms with Crippen molar-refractivity contribution in [3.8, 4) is 0 Å². The minimum atomic E-state index is 0.567. The molecule has 0 bridgehead atoms. The summed E-state index contributed by atoms with van der Waals surface area (Å²) in [5.74, 6) is 2.29. The molecule has 0 radical (unpaired) electrons. The maximum Gasteiger partial charge on any atom is -0.00254 e. The van der Waals surface area contributed by atoms with Crippen molar-refractivity contribution >= 4 is 0 Å². The normalized spacial score (nSPS) is 12.1. The Bertz CT molecular complexity index is 721. The van der Waals surface area contributed by atoms with Gasteiger partial charge >= 0.3 is 0 Å². The average Bonchev–Trinajstić information content (AvgIpc) is 2.52. The predicted octanol–water partition coefficient (Wildman–Crippen LogP) is 8.39. The summed E-state index contributed by atoms with van der Waals surface area (Å²) >= 11 is 0. The molecule has 0 unspecified atom stereocenters. The van der Waals surface area contributed by atoms with Crippen LogP contribution in [0, 0.1) is 13.8 Å². The third kappa shape index (κ3) is 4.84. The van der Waals surface area contributed by atoms with E-state index in [0.717, 1.165) is 6.42 Å². The van der Waals surface area contributed by atoms with Crippen LogP contribution in [0.25, 0.3) is 0 Å². The van der Waals surface area contributed by atoms with Crippen LogP contribution in [0.1, 0.15) is 124 Å². The molecule has 0 aliphatic carbocycles. The minimum Gasteiger partial charge on any atom is -0.0587 e. The van der Waals surface area contributed by atoms with E-state index in [4.69, 9.17) is 0 Å². The summed E-state index contributed by atoms with van der Waals surface area (Å²) < 4.78 is 0. The lowest BCUT2D eigenvalue weighted by atomic mass is 9.83. The number of benzene rings is 2. The SMILES string of the molecule is Cc1cc(Cc2cc(C)c(C(C)C)c(C(C)C)c2)cc(C(C)C)c1C(C)C. The minimum absolute atomic E-state index is 0.567. The van der Waals surface area contributed by atoms with Gasteiger partial charge in [-0.2, -0.15) is 0 Å². The van der Waals surface area contributed by atoms with Crippen LogP contribution in [0.15, 0.2) is 24.3 Å². The van der Waals surface area contributed by atoms with Crippen LogP contribution >= 0.6 is 0 Å². The van der Waals surface area contributed by atoms with Gasteiger partial charge in [0.25, 0.3) is 0 Å². The molecule has 0 atom stereocenters. The summed E-state index contributed by atoms with van der Waals surface area (Å²) in [4.78, 5) is 0. The molecule has 2 aromatic rings. The van der Waals surface area contributed by atoms with Crippen LogP contribution in [-0.4, -0.2) is 0 Å². The van der Waals surface area contributed by atoms with Crippen LogP contribution < -0.4 is 0 Å². The molecule has 0 N–H and O–H groups in total. The second kappa shape index (κ2) is 8.63. The van der Waals surface area contributed by atoms with Crippen LogP contribution in [0.5, 0.6) is 0 Å². The quantitative estimate of drug-likeness (QED) is 0.482. The van der Waals surface area contributed by atoms with E-state index in [1.54, 1.807) is 11.1 Å². The lowest BCUT2D eigenvalue weighted by Crippen LogP contribution is -2.06. The largest absolute Gasteiger partial charge is 0.0587 e. The lowest BCUT2D eigenvalue weighted by Gasteiger charge is -2.22. The zero-order chi connectivity index (χ0) is 20.5. The highest BCUT2D eigenvalue weighted by atomic mass is 14.2. The Kier molecular flexibility index (Phi) is 6.95. The molecule has 0 fully saturated rings. The molecule has 148 valence electrons. The van der Waals surface area contributed by atoms with Gasteiger partial charge < -0.3 is 0 Å². The third-order valence-electron chi connectivity index (χ3n) is 5.76. The molecule has 0 aliphatic rings. The van der Waals surface area contributed by atoms with E-state index in [-0.39, 0.29) is 0 Å². The third-order valence-corrected chi connectivity index (χ3v) is 5.76. The molecule has 27 heavy (non-hydrogen) atoms. The van der Waals surface area contributed by atoms with E-state index in [1.807, 2.05) is 0 Å². The van der Waals surface area contributed by atoms with E-state index >= 15 is 0 Å². The van der Waals surface area contributed by atoms with E-state index in [1.165, 1.54) is 33.4 Å². The van der Waals surface area contributed by atoms with Gasteiger partial charge in [0.2, 0.25) is 0 Å². The monoisotopic (exact) mass is 364 g/mol. The van der Waals surface area contributed by atoms with E-state index in [9.17, 15) is 0 Å². The molecule has 0 aromatic heterocycles. The van der Waals surface area contributed by atoms with Crippen LogP contribution in [0.3, 0.4) is 0 Å². The molecule has 0 saturated heterocycles. The van der Waals surface area contributed by atoms with Crippen molar-refractivity contribution in [2.45, 2.75) is 99.3 Å². The van der Waals surface area contributed by atoms with Crippen molar-refractivity contribution in [3.05, 3.63) is 68.8 Å². The second-order valence-corrected chi connectivity index (χ2v) is 9.63. The standard InChI is InChI=1S/C27H40/c1-16(2)24-14-22(11-20(9)26(24)18(5)6)13-23-12-21(10)27(19(7)8)25(15-23)17(3)4/h11-12,14-19H,13H2,1-10H3. The zero-order valence-corrected chi connectivity index (χ0v) is 19.3. The van der Waals surface area contributed by atoms with Gasteiger partial charge in [0.15, 0.2) is 0 Å². The Morgan fingerprint density at radius 2 is 0.852 bits per heavy atom. The fourth-order valence-electron chi connectivity index (χ4n) is 4.78. The van der Waals surface area contributed by atoms with Gasteiger partial charge in [-0.25, -0.2) is 0 Å². The molecule has 0 saturated carbocycles. The number of aryl methyl sites for hydroxylation is 2. The molecule has 0 amide bonds. The Labute approximate surface area is 168 Å². The average molecular weight is 365 g/mol. The fourth-order valence-corrected chi connectivity index (χ4v) is 4.78. The highest BCUT2D eigenvalue weighted by molar-refractivity contribution is 5.46. The number of hydrogen-bond acceptors (Lipinski definition) is 0. The van der Waals surface area contributed by atoms with Crippen molar-refractivity contribution in [2.75, 3.05) is 0 Å². The zero-order valence-electron chi connectivity index (χ0n) is 19.3. The first-order chi connectivity index (χ1) is 12.5. The Hall–Kier alpha value is -1.56. The molecule has 0 heteroatoms. The van der Waals surface area contributed by atoms with Crippen LogP contribution in [-0.2, 0) is 6.42 Å². The van der Waals surface area contributed by atoms with Gasteiger partial charge in [0, 0.05) is 0 Å². The van der Waals surface area contributed by atoms with Crippen molar-refractivity contribution in [1.82, 2.24) is 0 Å². The smallest absolute Gasteiger partial charge is 0.00254 e. The maximum atomic E-state index is 2.47. The topological polar surface area (TPSA) is 0 Å². The Morgan fingerprint density at radius 1 is 0.519 bits per heavy atom. The molecule has 0 aliphatic heterocycles. The van der Waals surface area contributed by atoms with Gasteiger partial charge in [0.1, 0.15) is 0 Å². The summed E-state index contributed by atoms with van der Waals surface area (Å²) in [6.07, 6.45) is 1.03. The van der Waals surface area contributed by atoms with Crippen molar-refractivity contribution < 1.29 is 0 Å². The molecule has 0 spiro atoms. The van der Waals surface area contributed by atoms with Crippen molar-refractivity contribution in [1.29, 1.82) is 0 Å². The number of rotatable bonds is 6. The molecular weight excluding hydrogens is 324 g/mol. The summed E-state index contributed by atoms with van der Waals surface area (Å²) in [7, 11) is 0. The molecule has 2 aromatic carbocycles. The lowest BCUT2D eigenvalue weighted by molar-refractivity contribution is 0.777.